The molecule has 0 amide bonds. The number of nitrogens with two attached hydrogens (primary N) is 1. The van der Waals surface area contributed by atoms with E-state index in [0.29, 0.717) is 6.54 Å². The lowest BCUT2D eigenvalue weighted by molar-refractivity contribution is -0.141. The van der Waals surface area contributed by atoms with Gasteiger partial charge in [-0.1, -0.05) is 0 Å². The monoisotopic (exact) mass is 248 g/mol. The van der Waals surface area contributed by atoms with Gasteiger partial charge in [-0.3, -0.25) is 4.79 Å². The summed E-state index contributed by atoms with van der Waals surface area (Å²) < 4.78 is 0. The maximum atomic E-state index is 11.1. The number of hydrogen-bond donors (Lipinski definition) is 2. The number of aryl methyl sites for hydroxylation is 2. The van der Waals surface area contributed by atoms with Crippen molar-refractivity contribution in [3.05, 3.63) is 23.3 Å². The standard InChI is InChI=1S/C14H20N2O2/c1-9-6-12(15)13(7-10(9)2)16-5-3-4-11(8-16)14(17)18/h6-7,11H,3-5,8,15H2,1-2H3,(H,17,18)/t11-/m0/s1. The summed E-state index contributed by atoms with van der Waals surface area (Å²) in [7, 11) is 0. The number of anilines is 2. The van der Waals surface area contributed by atoms with Crippen LogP contribution in [0.3, 0.4) is 0 Å². The van der Waals surface area contributed by atoms with Crippen LogP contribution in [0.15, 0.2) is 12.1 Å². The molecule has 0 bridgehead atoms. The van der Waals surface area contributed by atoms with Crippen LogP contribution in [0.1, 0.15) is 24.0 Å². The van der Waals surface area contributed by atoms with E-state index in [1.165, 1.54) is 11.1 Å². The zero-order valence-corrected chi connectivity index (χ0v) is 10.9. The van der Waals surface area contributed by atoms with Gasteiger partial charge in [0.25, 0.3) is 0 Å². The zero-order chi connectivity index (χ0) is 13.3. The first-order valence-corrected chi connectivity index (χ1v) is 6.33. The number of piperidine rings is 1. The summed E-state index contributed by atoms with van der Waals surface area (Å²) in [5.74, 6) is -0.984. The van der Waals surface area contributed by atoms with Gasteiger partial charge in [-0.25, -0.2) is 0 Å². The van der Waals surface area contributed by atoms with Crippen molar-refractivity contribution in [3.8, 4) is 0 Å². The summed E-state index contributed by atoms with van der Waals surface area (Å²) in [6, 6.07) is 4.03. The molecule has 0 aromatic heterocycles. The second kappa shape index (κ2) is 4.88. The highest BCUT2D eigenvalue weighted by molar-refractivity contribution is 5.74. The van der Waals surface area contributed by atoms with E-state index in [9.17, 15) is 4.79 Å². The van der Waals surface area contributed by atoms with Crippen LogP contribution in [-0.2, 0) is 4.79 Å². The van der Waals surface area contributed by atoms with Crippen molar-refractivity contribution in [2.45, 2.75) is 26.7 Å². The Balaban J connectivity index is 2.26. The Bertz CT molecular complexity index is 471. The van der Waals surface area contributed by atoms with Crippen molar-refractivity contribution in [1.82, 2.24) is 0 Å². The van der Waals surface area contributed by atoms with E-state index in [0.717, 1.165) is 30.8 Å². The molecule has 0 spiro atoms. The summed E-state index contributed by atoms with van der Waals surface area (Å²) >= 11 is 0. The van der Waals surface area contributed by atoms with Crippen LogP contribution in [0.25, 0.3) is 0 Å². The van der Waals surface area contributed by atoms with Crippen molar-refractivity contribution in [2.24, 2.45) is 5.92 Å². The molecule has 0 saturated carbocycles. The van der Waals surface area contributed by atoms with Crippen LogP contribution in [0.5, 0.6) is 0 Å². The molecule has 1 aliphatic rings. The Hall–Kier alpha value is -1.71. The zero-order valence-electron chi connectivity index (χ0n) is 10.9. The van der Waals surface area contributed by atoms with Crippen molar-refractivity contribution < 1.29 is 9.90 Å². The minimum atomic E-state index is -0.706. The number of carboxylic acids is 1. The lowest BCUT2D eigenvalue weighted by atomic mass is 9.97. The highest BCUT2D eigenvalue weighted by Gasteiger charge is 2.26. The second-order valence-corrected chi connectivity index (χ2v) is 5.12. The minimum absolute atomic E-state index is 0.278. The van der Waals surface area contributed by atoms with Gasteiger partial charge in [0.1, 0.15) is 0 Å². The highest BCUT2D eigenvalue weighted by atomic mass is 16.4. The largest absolute Gasteiger partial charge is 0.481 e. The molecule has 2 rings (SSSR count). The fraction of sp³-hybridized carbons (Fsp3) is 0.500. The van der Waals surface area contributed by atoms with Gasteiger partial charge < -0.3 is 15.7 Å². The summed E-state index contributed by atoms with van der Waals surface area (Å²) in [5, 5.41) is 9.11. The maximum Gasteiger partial charge on any atom is 0.308 e. The minimum Gasteiger partial charge on any atom is -0.481 e. The lowest BCUT2D eigenvalue weighted by Gasteiger charge is -2.33. The number of aliphatic carboxylic acids is 1. The first-order chi connectivity index (χ1) is 8.49. The molecular formula is C14H20N2O2. The molecule has 0 aliphatic carbocycles. The van der Waals surface area contributed by atoms with Crippen molar-refractivity contribution in [1.29, 1.82) is 0 Å². The average Bonchev–Trinajstić information content (AvgIpc) is 2.34. The van der Waals surface area contributed by atoms with Gasteiger partial charge in [0.05, 0.1) is 17.3 Å². The summed E-state index contributed by atoms with van der Waals surface area (Å²) in [4.78, 5) is 13.2. The molecule has 4 nitrogen and oxygen atoms in total. The molecule has 0 radical (unpaired) electrons. The van der Waals surface area contributed by atoms with Crippen LogP contribution in [0.2, 0.25) is 0 Å². The maximum absolute atomic E-state index is 11.1. The molecule has 4 heteroatoms. The van der Waals surface area contributed by atoms with E-state index in [1.807, 2.05) is 13.0 Å². The number of nitrogen functional groups attached to an aromatic ring is 1. The third-order valence-electron chi connectivity index (χ3n) is 3.75. The van der Waals surface area contributed by atoms with E-state index in [1.54, 1.807) is 0 Å². The topological polar surface area (TPSA) is 66.6 Å². The molecular weight excluding hydrogens is 228 g/mol. The number of carbonyl (C=O) groups is 1. The number of hydrogen-bond acceptors (Lipinski definition) is 3. The third kappa shape index (κ3) is 2.42. The van der Waals surface area contributed by atoms with Crippen LogP contribution < -0.4 is 10.6 Å². The van der Waals surface area contributed by atoms with Gasteiger partial charge in [0.15, 0.2) is 0 Å². The molecule has 1 fully saturated rings. The third-order valence-corrected chi connectivity index (χ3v) is 3.75. The molecule has 1 atom stereocenters. The van der Waals surface area contributed by atoms with Gasteiger partial charge in [0, 0.05) is 13.1 Å². The van der Waals surface area contributed by atoms with Gasteiger partial charge in [-0.05, 0) is 49.9 Å². The Kier molecular flexibility index (Phi) is 3.45. The highest BCUT2D eigenvalue weighted by Crippen LogP contribution is 2.30. The molecule has 98 valence electrons. The van der Waals surface area contributed by atoms with Gasteiger partial charge in [-0.2, -0.15) is 0 Å². The van der Waals surface area contributed by atoms with Gasteiger partial charge in [0.2, 0.25) is 0 Å². The first-order valence-electron chi connectivity index (χ1n) is 6.33. The van der Waals surface area contributed by atoms with E-state index >= 15 is 0 Å². The molecule has 1 heterocycles. The number of benzene rings is 1. The second-order valence-electron chi connectivity index (χ2n) is 5.12. The molecule has 1 aromatic rings. The molecule has 18 heavy (non-hydrogen) atoms. The number of carboxylic acid groups (broad SMARTS) is 1. The predicted molar refractivity (Wildman–Crippen MR) is 72.9 cm³/mol. The Labute approximate surface area is 107 Å². The average molecular weight is 248 g/mol. The first kappa shape index (κ1) is 12.7. The number of nitrogens with zero attached hydrogens (tertiary/aromatic N) is 1. The summed E-state index contributed by atoms with van der Waals surface area (Å²) in [5.41, 5.74) is 10.1. The van der Waals surface area contributed by atoms with Gasteiger partial charge >= 0.3 is 5.97 Å². The summed E-state index contributed by atoms with van der Waals surface area (Å²) in [6.07, 6.45) is 1.67. The van der Waals surface area contributed by atoms with E-state index in [2.05, 4.69) is 17.9 Å². The smallest absolute Gasteiger partial charge is 0.308 e. The van der Waals surface area contributed by atoms with E-state index in [4.69, 9.17) is 10.8 Å². The van der Waals surface area contributed by atoms with Crippen molar-refractivity contribution >= 4 is 17.3 Å². The molecule has 1 aromatic carbocycles. The van der Waals surface area contributed by atoms with Crippen molar-refractivity contribution in [2.75, 3.05) is 23.7 Å². The lowest BCUT2D eigenvalue weighted by Crippen LogP contribution is -2.39. The fourth-order valence-corrected chi connectivity index (χ4v) is 2.49. The van der Waals surface area contributed by atoms with E-state index in [-0.39, 0.29) is 5.92 Å². The van der Waals surface area contributed by atoms with Gasteiger partial charge in [-0.15, -0.1) is 0 Å². The Morgan fingerprint density at radius 2 is 2.06 bits per heavy atom. The van der Waals surface area contributed by atoms with Crippen LogP contribution in [0, 0.1) is 19.8 Å². The quantitative estimate of drug-likeness (QED) is 0.787. The van der Waals surface area contributed by atoms with Crippen LogP contribution in [-0.4, -0.2) is 24.2 Å². The van der Waals surface area contributed by atoms with E-state index < -0.39 is 5.97 Å². The van der Waals surface area contributed by atoms with Crippen LogP contribution in [0.4, 0.5) is 11.4 Å². The van der Waals surface area contributed by atoms with Crippen molar-refractivity contribution in [3.63, 3.8) is 0 Å². The molecule has 0 unspecified atom stereocenters. The predicted octanol–water partition coefficient (Wildman–Crippen LogP) is 2.19. The molecule has 1 saturated heterocycles. The SMILES string of the molecule is Cc1cc(N)c(N2CCC[C@H](C(=O)O)C2)cc1C. The molecule has 1 aliphatic heterocycles. The summed E-state index contributed by atoms with van der Waals surface area (Å²) in [6.45, 7) is 5.53. The Morgan fingerprint density at radius 1 is 1.39 bits per heavy atom. The van der Waals surface area contributed by atoms with Crippen LogP contribution >= 0.6 is 0 Å². The number of rotatable bonds is 2. The normalized spacial score (nSPS) is 19.9. The fourth-order valence-electron chi connectivity index (χ4n) is 2.49. The molecule has 3 N–H and O–H groups in total. The Morgan fingerprint density at radius 3 is 2.72 bits per heavy atom.